The Hall–Kier alpha value is -1.46. The third-order valence-electron chi connectivity index (χ3n) is 3.87. The number of Topliss-reactive ketones (excluding diaryl/α,β-unsaturated/α-hetero) is 1. The van der Waals surface area contributed by atoms with Gasteiger partial charge < -0.3 is 0 Å². The minimum absolute atomic E-state index is 0.131. The molecule has 0 atom stereocenters. The number of hydrogen-bond donors (Lipinski definition) is 0. The first-order valence-corrected chi connectivity index (χ1v) is 6.83. The van der Waals surface area contributed by atoms with Gasteiger partial charge in [-0.25, -0.2) is 0 Å². The molecule has 116 valence electrons. The van der Waals surface area contributed by atoms with Crippen LogP contribution in [0.15, 0.2) is 24.3 Å². The molecule has 1 aliphatic carbocycles. The predicted octanol–water partition coefficient (Wildman–Crippen LogP) is 5.11. The van der Waals surface area contributed by atoms with Crippen LogP contribution in [0.25, 0.3) is 0 Å². The largest absolute Gasteiger partial charge is 0.461 e. The fourth-order valence-electron chi connectivity index (χ4n) is 2.68. The molecule has 0 heterocycles. The summed E-state index contributed by atoms with van der Waals surface area (Å²) < 4.78 is 63.0. The lowest BCUT2D eigenvalue weighted by atomic mass is 9.83. The highest BCUT2D eigenvalue weighted by Crippen LogP contribution is 2.39. The van der Waals surface area contributed by atoms with Crippen molar-refractivity contribution in [2.24, 2.45) is 0 Å². The zero-order valence-electron chi connectivity index (χ0n) is 11.2. The molecule has 21 heavy (non-hydrogen) atoms. The van der Waals surface area contributed by atoms with Gasteiger partial charge in [-0.05, 0) is 30.4 Å². The van der Waals surface area contributed by atoms with Crippen LogP contribution in [-0.4, -0.2) is 17.9 Å². The number of halogens is 5. The molecular formula is C15H15F5O. The van der Waals surface area contributed by atoms with Gasteiger partial charge in [-0.1, -0.05) is 37.5 Å². The third-order valence-corrected chi connectivity index (χ3v) is 3.87. The average molecular weight is 306 g/mol. The summed E-state index contributed by atoms with van der Waals surface area (Å²) in [6, 6.07) is 5.23. The molecule has 1 aliphatic rings. The molecule has 1 aromatic carbocycles. The van der Waals surface area contributed by atoms with Crippen molar-refractivity contribution in [1.29, 1.82) is 0 Å². The molecule has 1 fully saturated rings. The summed E-state index contributed by atoms with van der Waals surface area (Å²) >= 11 is 0. The minimum Gasteiger partial charge on any atom is -0.287 e. The molecule has 1 saturated carbocycles. The molecule has 1 aromatic rings. The second kappa shape index (κ2) is 5.73. The Bertz CT molecular complexity index is 515. The van der Waals surface area contributed by atoms with E-state index in [9.17, 15) is 26.7 Å². The Labute approximate surface area is 119 Å². The van der Waals surface area contributed by atoms with Crippen molar-refractivity contribution in [1.82, 2.24) is 0 Å². The van der Waals surface area contributed by atoms with Crippen LogP contribution in [0.3, 0.4) is 0 Å². The minimum atomic E-state index is -5.87. The molecular weight excluding hydrogens is 291 g/mol. The Morgan fingerprint density at radius 2 is 1.62 bits per heavy atom. The molecule has 0 aromatic heterocycles. The molecule has 0 N–H and O–H groups in total. The van der Waals surface area contributed by atoms with Crippen molar-refractivity contribution in [3.8, 4) is 0 Å². The average Bonchev–Trinajstić information content (AvgIpc) is 2.46. The van der Waals surface area contributed by atoms with E-state index in [1.807, 2.05) is 0 Å². The van der Waals surface area contributed by atoms with Gasteiger partial charge in [-0.15, -0.1) is 0 Å². The van der Waals surface area contributed by atoms with Gasteiger partial charge in [0.2, 0.25) is 5.78 Å². The van der Waals surface area contributed by atoms with Crippen LogP contribution in [0.5, 0.6) is 0 Å². The number of hydrogen-bond acceptors (Lipinski definition) is 1. The van der Waals surface area contributed by atoms with Crippen molar-refractivity contribution in [3.05, 3.63) is 35.4 Å². The SMILES string of the molecule is O=C(c1cccc(C2CCCCC2)c1)C(F)(F)C(F)(F)F. The molecule has 2 rings (SSSR count). The van der Waals surface area contributed by atoms with E-state index in [1.54, 1.807) is 6.07 Å². The van der Waals surface area contributed by atoms with Crippen LogP contribution < -0.4 is 0 Å². The van der Waals surface area contributed by atoms with Gasteiger partial charge in [-0.2, -0.15) is 22.0 Å². The van der Waals surface area contributed by atoms with Crippen molar-refractivity contribution in [2.75, 3.05) is 0 Å². The van der Waals surface area contributed by atoms with E-state index in [1.165, 1.54) is 12.1 Å². The maximum absolute atomic E-state index is 13.1. The van der Waals surface area contributed by atoms with E-state index in [0.29, 0.717) is 5.56 Å². The second-order valence-electron chi connectivity index (χ2n) is 5.36. The molecule has 0 unspecified atom stereocenters. The van der Waals surface area contributed by atoms with Crippen LogP contribution in [0, 0.1) is 0 Å². The number of carbonyl (C=O) groups excluding carboxylic acids is 1. The third kappa shape index (κ3) is 3.24. The predicted molar refractivity (Wildman–Crippen MR) is 67.6 cm³/mol. The van der Waals surface area contributed by atoms with E-state index in [0.717, 1.165) is 38.2 Å². The highest BCUT2D eigenvalue weighted by molar-refractivity contribution is 6.02. The van der Waals surface area contributed by atoms with Gasteiger partial charge in [0.1, 0.15) is 0 Å². The molecule has 0 spiro atoms. The lowest BCUT2D eigenvalue weighted by Crippen LogP contribution is -2.44. The molecule has 0 aliphatic heterocycles. The zero-order valence-corrected chi connectivity index (χ0v) is 11.2. The van der Waals surface area contributed by atoms with Crippen LogP contribution in [0.2, 0.25) is 0 Å². The summed E-state index contributed by atoms with van der Waals surface area (Å²) in [5, 5.41) is 0. The van der Waals surface area contributed by atoms with E-state index in [-0.39, 0.29) is 5.92 Å². The monoisotopic (exact) mass is 306 g/mol. The number of carbonyl (C=O) groups is 1. The summed E-state index contributed by atoms with van der Waals surface area (Å²) in [5.41, 5.74) is 0.0823. The molecule has 0 radical (unpaired) electrons. The summed E-state index contributed by atoms with van der Waals surface area (Å²) in [6.07, 6.45) is -1.03. The maximum atomic E-state index is 13.1. The van der Waals surface area contributed by atoms with Gasteiger partial charge in [-0.3, -0.25) is 4.79 Å². The summed E-state index contributed by atoms with van der Waals surface area (Å²) in [4.78, 5) is 11.5. The van der Waals surface area contributed by atoms with Crippen LogP contribution in [-0.2, 0) is 0 Å². The molecule has 0 bridgehead atoms. The Morgan fingerprint density at radius 1 is 1.00 bits per heavy atom. The quantitative estimate of drug-likeness (QED) is 0.560. The number of ketones is 1. The fourth-order valence-corrected chi connectivity index (χ4v) is 2.68. The highest BCUT2D eigenvalue weighted by atomic mass is 19.4. The van der Waals surface area contributed by atoms with E-state index in [4.69, 9.17) is 0 Å². The molecule has 0 amide bonds. The smallest absolute Gasteiger partial charge is 0.287 e. The van der Waals surface area contributed by atoms with Gasteiger partial charge in [0.15, 0.2) is 0 Å². The summed E-state index contributed by atoms with van der Waals surface area (Å²) in [6.45, 7) is 0. The first kappa shape index (κ1) is 15.9. The molecule has 0 saturated heterocycles. The van der Waals surface area contributed by atoms with Crippen LogP contribution in [0.1, 0.15) is 53.9 Å². The van der Waals surface area contributed by atoms with E-state index < -0.39 is 23.4 Å². The Morgan fingerprint density at radius 3 is 2.19 bits per heavy atom. The molecule has 1 nitrogen and oxygen atoms in total. The standard InChI is InChI=1S/C15H15F5O/c16-14(17,15(18,19)20)13(21)12-8-4-7-11(9-12)10-5-2-1-3-6-10/h4,7-10H,1-3,5-6H2. The van der Waals surface area contributed by atoms with Crippen molar-refractivity contribution >= 4 is 5.78 Å². The Kier molecular flexibility index (Phi) is 4.35. The zero-order chi connectivity index (χ0) is 15.7. The fraction of sp³-hybridized carbons (Fsp3) is 0.533. The lowest BCUT2D eigenvalue weighted by Gasteiger charge is -2.23. The van der Waals surface area contributed by atoms with Gasteiger partial charge >= 0.3 is 12.1 Å². The summed E-state index contributed by atoms with van der Waals surface area (Å²) in [7, 11) is 0. The van der Waals surface area contributed by atoms with Crippen LogP contribution >= 0.6 is 0 Å². The number of benzene rings is 1. The lowest BCUT2D eigenvalue weighted by molar-refractivity contribution is -0.255. The number of alkyl halides is 5. The van der Waals surface area contributed by atoms with E-state index in [2.05, 4.69) is 0 Å². The first-order valence-electron chi connectivity index (χ1n) is 6.83. The van der Waals surface area contributed by atoms with Crippen molar-refractivity contribution in [2.45, 2.75) is 50.1 Å². The normalized spacial score (nSPS) is 17.8. The maximum Gasteiger partial charge on any atom is 0.461 e. The highest BCUT2D eigenvalue weighted by Gasteiger charge is 2.63. The summed E-state index contributed by atoms with van der Waals surface area (Å²) in [5.74, 6) is -7.41. The van der Waals surface area contributed by atoms with Crippen LogP contribution in [0.4, 0.5) is 22.0 Å². The van der Waals surface area contributed by atoms with Crippen molar-refractivity contribution < 1.29 is 26.7 Å². The van der Waals surface area contributed by atoms with Gasteiger partial charge in [0, 0.05) is 5.56 Å². The van der Waals surface area contributed by atoms with Gasteiger partial charge in [0.25, 0.3) is 0 Å². The number of rotatable bonds is 3. The topological polar surface area (TPSA) is 17.1 Å². The molecule has 6 heteroatoms. The first-order chi connectivity index (χ1) is 9.73. The van der Waals surface area contributed by atoms with Gasteiger partial charge in [0.05, 0.1) is 0 Å². The Balaban J connectivity index is 2.26. The second-order valence-corrected chi connectivity index (χ2v) is 5.36. The van der Waals surface area contributed by atoms with Crippen molar-refractivity contribution in [3.63, 3.8) is 0 Å². The van der Waals surface area contributed by atoms with E-state index >= 15 is 0 Å².